The lowest BCUT2D eigenvalue weighted by atomic mass is 10.1. The molecule has 0 bridgehead atoms. The highest BCUT2D eigenvalue weighted by Crippen LogP contribution is 2.24. The largest absolute Gasteiger partial charge is 0.441 e. The molecule has 134 valence electrons. The summed E-state index contributed by atoms with van der Waals surface area (Å²) in [5.41, 5.74) is 1.45. The molecule has 2 aromatic carbocycles. The van der Waals surface area contributed by atoms with E-state index in [4.69, 9.17) is 4.42 Å². The van der Waals surface area contributed by atoms with Crippen LogP contribution in [0.1, 0.15) is 30.8 Å². The van der Waals surface area contributed by atoms with Gasteiger partial charge in [0.2, 0.25) is 5.91 Å². The van der Waals surface area contributed by atoms with Gasteiger partial charge in [0.25, 0.3) is 0 Å². The third-order valence-corrected chi connectivity index (χ3v) is 4.50. The first-order valence-electron chi connectivity index (χ1n) is 8.56. The molecule has 1 amide bonds. The normalized spacial score (nSPS) is 12.0. The molecule has 0 unspecified atom stereocenters. The van der Waals surface area contributed by atoms with Gasteiger partial charge in [-0.2, -0.15) is 0 Å². The van der Waals surface area contributed by atoms with Crippen molar-refractivity contribution in [1.82, 2.24) is 9.88 Å². The summed E-state index contributed by atoms with van der Waals surface area (Å²) in [7, 11) is 1.79. The third kappa shape index (κ3) is 3.99. The molecule has 0 aliphatic carbocycles. The van der Waals surface area contributed by atoms with Crippen LogP contribution in [0.5, 0.6) is 0 Å². The van der Waals surface area contributed by atoms with E-state index in [1.807, 2.05) is 37.3 Å². The Bertz CT molecular complexity index is 876. The summed E-state index contributed by atoms with van der Waals surface area (Å²) in [5, 5.41) is 0. The van der Waals surface area contributed by atoms with Crippen molar-refractivity contribution >= 4 is 5.91 Å². The number of nitrogens with zero attached hydrogens (tertiary/aromatic N) is 2. The van der Waals surface area contributed by atoms with Gasteiger partial charge < -0.3 is 9.32 Å². The monoisotopic (exact) mass is 352 g/mol. The maximum atomic E-state index is 13.8. The van der Waals surface area contributed by atoms with Gasteiger partial charge in [-0.25, -0.2) is 9.37 Å². The molecule has 0 aliphatic rings. The van der Waals surface area contributed by atoms with Crippen molar-refractivity contribution in [3.63, 3.8) is 0 Å². The van der Waals surface area contributed by atoms with Crippen LogP contribution in [0.25, 0.3) is 11.3 Å². The van der Waals surface area contributed by atoms with Crippen molar-refractivity contribution in [2.45, 2.75) is 25.8 Å². The van der Waals surface area contributed by atoms with Gasteiger partial charge in [0, 0.05) is 19.9 Å². The van der Waals surface area contributed by atoms with Crippen molar-refractivity contribution in [1.29, 1.82) is 0 Å². The number of aryl methyl sites for hydroxylation is 1. The Hall–Kier alpha value is -2.95. The maximum absolute atomic E-state index is 13.8. The van der Waals surface area contributed by atoms with Gasteiger partial charge in [-0.05, 0) is 24.6 Å². The quantitative estimate of drug-likeness (QED) is 0.650. The van der Waals surface area contributed by atoms with Crippen LogP contribution in [-0.4, -0.2) is 22.8 Å². The number of hydrogen-bond donors (Lipinski definition) is 0. The smallest absolute Gasteiger partial charge is 0.223 e. The van der Waals surface area contributed by atoms with Gasteiger partial charge in [-0.3, -0.25) is 4.79 Å². The molecule has 0 fully saturated rings. The van der Waals surface area contributed by atoms with E-state index in [-0.39, 0.29) is 24.2 Å². The molecule has 0 saturated carbocycles. The zero-order chi connectivity index (χ0) is 18.5. The van der Waals surface area contributed by atoms with Crippen LogP contribution in [0.4, 0.5) is 4.39 Å². The van der Waals surface area contributed by atoms with Crippen LogP contribution in [-0.2, 0) is 11.2 Å². The fourth-order valence-corrected chi connectivity index (χ4v) is 2.77. The molecule has 0 spiro atoms. The van der Waals surface area contributed by atoms with Gasteiger partial charge in [0.05, 0.1) is 17.8 Å². The Morgan fingerprint density at radius 2 is 1.85 bits per heavy atom. The molecule has 26 heavy (non-hydrogen) atoms. The Morgan fingerprint density at radius 1 is 1.15 bits per heavy atom. The number of carbonyl (C=O) groups is 1. The number of benzene rings is 2. The van der Waals surface area contributed by atoms with E-state index in [1.54, 1.807) is 30.1 Å². The second kappa shape index (κ2) is 7.95. The summed E-state index contributed by atoms with van der Waals surface area (Å²) in [6.45, 7) is 1.99. The Morgan fingerprint density at radius 3 is 2.58 bits per heavy atom. The first-order chi connectivity index (χ1) is 12.6. The predicted molar refractivity (Wildman–Crippen MR) is 97.8 cm³/mol. The Kier molecular flexibility index (Phi) is 5.46. The summed E-state index contributed by atoms with van der Waals surface area (Å²) in [4.78, 5) is 18.3. The first-order valence-corrected chi connectivity index (χ1v) is 8.56. The maximum Gasteiger partial charge on any atom is 0.223 e. The van der Waals surface area contributed by atoms with E-state index in [9.17, 15) is 9.18 Å². The number of rotatable bonds is 6. The molecule has 0 radical (unpaired) electrons. The highest BCUT2D eigenvalue weighted by molar-refractivity contribution is 5.76. The standard InChI is InChI=1S/C21H21FN2O2/c1-15(16-8-4-3-5-9-16)24(2)21(25)13-12-20-23-14-19(26-20)17-10-6-7-11-18(17)22/h3-11,14-15H,12-13H2,1-2H3/t15-/m1/s1. The Balaban J connectivity index is 1.61. The van der Waals surface area contributed by atoms with Crippen molar-refractivity contribution in [2.75, 3.05) is 7.05 Å². The number of oxazole rings is 1. The minimum Gasteiger partial charge on any atom is -0.441 e. The van der Waals surface area contributed by atoms with Crippen molar-refractivity contribution < 1.29 is 13.6 Å². The van der Waals surface area contributed by atoms with E-state index in [1.165, 1.54) is 12.3 Å². The lowest BCUT2D eigenvalue weighted by molar-refractivity contribution is -0.131. The van der Waals surface area contributed by atoms with Gasteiger partial charge in [-0.1, -0.05) is 42.5 Å². The third-order valence-electron chi connectivity index (χ3n) is 4.50. The van der Waals surface area contributed by atoms with Gasteiger partial charge in [-0.15, -0.1) is 0 Å². The summed E-state index contributed by atoms with van der Waals surface area (Å²) in [6.07, 6.45) is 2.15. The summed E-state index contributed by atoms with van der Waals surface area (Å²) in [5.74, 6) is 0.448. The fourth-order valence-electron chi connectivity index (χ4n) is 2.77. The fraction of sp³-hybridized carbons (Fsp3) is 0.238. The Labute approximate surface area is 152 Å². The van der Waals surface area contributed by atoms with Crippen molar-refractivity contribution in [3.05, 3.63) is 78.1 Å². The number of aromatic nitrogens is 1. The summed E-state index contributed by atoms with van der Waals surface area (Å²) < 4.78 is 19.4. The van der Waals surface area contributed by atoms with E-state index in [2.05, 4.69) is 4.98 Å². The molecular formula is C21H21FN2O2. The van der Waals surface area contributed by atoms with Crippen LogP contribution < -0.4 is 0 Å². The molecule has 4 nitrogen and oxygen atoms in total. The molecule has 1 atom stereocenters. The molecule has 0 saturated heterocycles. The average Bonchev–Trinajstić information content (AvgIpc) is 3.14. The van der Waals surface area contributed by atoms with Crippen molar-refractivity contribution in [3.8, 4) is 11.3 Å². The lowest BCUT2D eigenvalue weighted by Gasteiger charge is -2.25. The second-order valence-corrected chi connectivity index (χ2v) is 6.19. The molecule has 5 heteroatoms. The number of carbonyl (C=O) groups excluding carboxylic acids is 1. The number of hydrogen-bond acceptors (Lipinski definition) is 3. The zero-order valence-corrected chi connectivity index (χ0v) is 14.9. The highest BCUT2D eigenvalue weighted by Gasteiger charge is 2.18. The van der Waals surface area contributed by atoms with Crippen LogP contribution in [0, 0.1) is 5.82 Å². The van der Waals surface area contributed by atoms with Crippen LogP contribution in [0.15, 0.2) is 65.2 Å². The summed E-state index contributed by atoms with van der Waals surface area (Å²) >= 11 is 0. The minimum atomic E-state index is -0.359. The van der Waals surface area contributed by atoms with Gasteiger partial charge in [0.15, 0.2) is 11.7 Å². The van der Waals surface area contributed by atoms with E-state index < -0.39 is 0 Å². The second-order valence-electron chi connectivity index (χ2n) is 6.19. The molecule has 1 aromatic heterocycles. The van der Waals surface area contributed by atoms with Crippen LogP contribution >= 0.6 is 0 Å². The highest BCUT2D eigenvalue weighted by atomic mass is 19.1. The first kappa shape index (κ1) is 17.9. The molecular weight excluding hydrogens is 331 g/mol. The molecule has 3 rings (SSSR count). The zero-order valence-electron chi connectivity index (χ0n) is 14.9. The molecule has 0 N–H and O–H groups in total. The molecule has 0 aliphatic heterocycles. The molecule has 1 heterocycles. The molecule has 3 aromatic rings. The lowest BCUT2D eigenvalue weighted by Crippen LogP contribution is -2.29. The SMILES string of the molecule is C[C@H](c1ccccc1)N(C)C(=O)CCc1ncc(-c2ccccc2F)o1. The number of amides is 1. The predicted octanol–water partition coefficient (Wildman–Crippen LogP) is 4.63. The average molecular weight is 352 g/mol. The summed E-state index contributed by atoms with van der Waals surface area (Å²) in [6, 6.07) is 16.2. The van der Waals surface area contributed by atoms with Crippen LogP contribution in [0.2, 0.25) is 0 Å². The van der Waals surface area contributed by atoms with E-state index in [0.29, 0.717) is 23.6 Å². The van der Waals surface area contributed by atoms with Gasteiger partial charge >= 0.3 is 0 Å². The van der Waals surface area contributed by atoms with E-state index >= 15 is 0 Å². The number of halogens is 1. The topological polar surface area (TPSA) is 46.3 Å². The van der Waals surface area contributed by atoms with Crippen molar-refractivity contribution in [2.24, 2.45) is 0 Å². The van der Waals surface area contributed by atoms with E-state index in [0.717, 1.165) is 5.56 Å². The van der Waals surface area contributed by atoms with Crippen LogP contribution in [0.3, 0.4) is 0 Å². The van der Waals surface area contributed by atoms with Gasteiger partial charge in [0.1, 0.15) is 5.82 Å². The minimum absolute atomic E-state index is 0.00648.